The lowest BCUT2D eigenvalue weighted by atomic mass is 9.71. The highest BCUT2D eigenvalue weighted by atomic mass is 16.4. The number of nitrogens with one attached hydrogen (secondary N) is 1. The van der Waals surface area contributed by atoms with E-state index in [0.717, 1.165) is 12.8 Å². The molecule has 0 heterocycles. The van der Waals surface area contributed by atoms with Crippen molar-refractivity contribution in [3.63, 3.8) is 0 Å². The zero-order chi connectivity index (χ0) is 14.3. The van der Waals surface area contributed by atoms with E-state index in [-0.39, 0.29) is 12.5 Å². The molecule has 0 radical (unpaired) electrons. The SMILES string of the molecule is CC=CC=CC(=O)NCC1(C(=O)O)CCC(C)CC1. The fraction of sp³-hybridized carbons (Fsp3) is 0.600. The van der Waals surface area contributed by atoms with Crippen molar-refractivity contribution in [2.24, 2.45) is 11.3 Å². The van der Waals surface area contributed by atoms with E-state index in [9.17, 15) is 14.7 Å². The second-order valence-electron chi connectivity index (χ2n) is 5.37. The second-order valence-corrected chi connectivity index (χ2v) is 5.37. The highest BCUT2D eigenvalue weighted by Gasteiger charge is 2.41. The number of carbonyl (C=O) groups excluding carboxylic acids is 1. The lowest BCUT2D eigenvalue weighted by molar-refractivity contribution is -0.151. The number of carboxylic acids is 1. The van der Waals surface area contributed by atoms with Crippen molar-refractivity contribution in [1.82, 2.24) is 5.32 Å². The summed E-state index contributed by atoms with van der Waals surface area (Å²) in [7, 11) is 0. The van der Waals surface area contributed by atoms with Gasteiger partial charge >= 0.3 is 5.97 Å². The van der Waals surface area contributed by atoms with Gasteiger partial charge in [0.2, 0.25) is 5.91 Å². The van der Waals surface area contributed by atoms with Crippen LogP contribution in [0.3, 0.4) is 0 Å². The summed E-state index contributed by atoms with van der Waals surface area (Å²) in [5.74, 6) is -0.452. The fourth-order valence-electron chi connectivity index (χ4n) is 2.35. The summed E-state index contributed by atoms with van der Waals surface area (Å²) in [6.45, 7) is 4.23. The number of hydrogen-bond acceptors (Lipinski definition) is 2. The smallest absolute Gasteiger partial charge is 0.311 e. The van der Waals surface area contributed by atoms with E-state index in [0.29, 0.717) is 18.8 Å². The molecule has 1 aliphatic carbocycles. The molecule has 0 atom stereocenters. The van der Waals surface area contributed by atoms with Crippen molar-refractivity contribution in [2.75, 3.05) is 6.54 Å². The third-order valence-electron chi connectivity index (χ3n) is 3.84. The summed E-state index contributed by atoms with van der Waals surface area (Å²) in [6, 6.07) is 0. The second kappa shape index (κ2) is 7.12. The maximum Gasteiger partial charge on any atom is 0.311 e. The molecule has 0 saturated heterocycles. The third-order valence-corrected chi connectivity index (χ3v) is 3.84. The van der Waals surface area contributed by atoms with Gasteiger partial charge in [-0.15, -0.1) is 0 Å². The van der Waals surface area contributed by atoms with Gasteiger partial charge in [0.25, 0.3) is 0 Å². The first-order valence-electron chi connectivity index (χ1n) is 6.81. The van der Waals surface area contributed by atoms with Gasteiger partial charge in [-0.05, 0) is 38.5 Å². The number of carboxylic acid groups (broad SMARTS) is 1. The monoisotopic (exact) mass is 265 g/mol. The first-order chi connectivity index (χ1) is 9.00. The molecular formula is C15H23NO3. The van der Waals surface area contributed by atoms with Gasteiger partial charge in [0.1, 0.15) is 0 Å². The molecule has 106 valence electrons. The molecule has 0 aromatic heterocycles. The molecule has 0 bridgehead atoms. The minimum Gasteiger partial charge on any atom is -0.481 e. The van der Waals surface area contributed by atoms with Gasteiger partial charge in [-0.1, -0.05) is 25.2 Å². The predicted octanol–water partition coefficient (Wildman–Crippen LogP) is 2.52. The third kappa shape index (κ3) is 4.54. The average molecular weight is 265 g/mol. The van der Waals surface area contributed by atoms with Crippen molar-refractivity contribution < 1.29 is 14.7 Å². The number of allylic oxidation sites excluding steroid dienone is 3. The molecule has 4 heteroatoms. The fourth-order valence-corrected chi connectivity index (χ4v) is 2.35. The number of carbonyl (C=O) groups is 2. The lowest BCUT2D eigenvalue weighted by Crippen LogP contribution is -2.44. The average Bonchev–Trinajstić information content (AvgIpc) is 2.38. The normalized spacial score (nSPS) is 27.8. The van der Waals surface area contributed by atoms with Gasteiger partial charge in [0.15, 0.2) is 0 Å². The largest absolute Gasteiger partial charge is 0.481 e. The molecule has 19 heavy (non-hydrogen) atoms. The van der Waals surface area contributed by atoms with Crippen LogP contribution in [0.15, 0.2) is 24.3 Å². The molecule has 1 fully saturated rings. The standard InChI is InChI=1S/C15H23NO3/c1-3-4-5-6-13(17)16-11-15(14(18)19)9-7-12(2)8-10-15/h3-6,12H,7-11H2,1-2H3,(H,16,17)(H,18,19). The van der Waals surface area contributed by atoms with E-state index in [2.05, 4.69) is 12.2 Å². The molecule has 1 amide bonds. The van der Waals surface area contributed by atoms with Crippen LogP contribution >= 0.6 is 0 Å². The summed E-state index contributed by atoms with van der Waals surface area (Å²) in [4.78, 5) is 23.0. The summed E-state index contributed by atoms with van der Waals surface area (Å²) < 4.78 is 0. The van der Waals surface area contributed by atoms with Crippen LogP contribution in [0.2, 0.25) is 0 Å². The summed E-state index contributed by atoms with van der Waals surface area (Å²) in [5.41, 5.74) is -0.781. The minimum absolute atomic E-state index is 0.216. The van der Waals surface area contributed by atoms with E-state index < -0.39 is 11.4 Å². The molecule has 0 aromatic rings. The molecule has 4 nitrogen and oxygen atoms in total. The number of aliphatic carboxylic acids is 1. The van der Waals surface area contributed by atoms with Gasteiger partial charge in [-0.3, -0.25) is 9.59 Å². The van der Waals surface area contributed by atoms with E-state index in [1.54, 1.807) is 12.2 Å². The van der Waals surface area contributed by atoms with Crippen LogP contribution in [0.4, 0.5) is 0 Å². The highest BCUT2D eigenvalue weighted by molar-refractivity contribution is 5.88. The van der Waals surface area contributed by atoms with Crippen LogP contribution in [0, 0.1) is 11.3 Å². The summed E-state index contributed by atoms with van der Waals surface area (Å²) in [5, 5.41) is 12.1. The van der Waals surface area contributed by atoms with Gasteiger partial charge < -0.3 is 10.4 Å². The summed E-state index contributed by atoms with van der Waals surface area (Å²) in [6.07, 6.45) is 9.75. The van der Waals surface area contributed by atoms with E-state index in [1.807, 2.05) is 13.0 Å². The van der Waals surface area contributed by atoms with Crippen LogP contribution in [0.1, 0.15) is 39.5 Å². The molecule has 1 aliphatic rings. The Morgan fingerprint density at radius 3 is 2.47 bits per heavy atom. The Hall–Kier alpha value is -1.58. The maximum absolute atomic E-state index is 11.6. The van der Waals surface area contributed by atoms with Gasteiger partial charge in [-0.2, -0.15) is 0 Å². The quantitative estimate of drug-likeness (QED) is 0.593. The Morgan fingerprint density at radius 2 is 1.95 bits per heavy atom. The molecule has 0 aliphatic heterocycles. The number of amides is 1. The van der Waals surface area contributed by atoms with E-state index in [1.165, 1.54) is 6.08 Å². The Kier molecular flexibility index (Phi) is 5.80. The van der Waals surface area contributed by atoms with Gasteiger partial charge in [0, 0.05) is 12.6 Å². The Bertz CT molecular complexity index is 377. The van der Waals surface area contributed by atoms with Gasteiger partial charge in [-0.25, -0.2) is 0 Å². The van der Waals surface area contributed by atoms with Crippen LogP contribution in [0.25, 0.3) is 0 Å². The Labute approximate surface area is 114 Å². The zero-order valence-electron chi connectivity index (χ0n) is 11.7. The molecular weight excluding hydrogens is 242 g/mol. The Morgan fingerprint density at radius 1 is 1.32 bits per heavy atom. The molecule has 0 unspecified atom stereocenters. The molecule has 1 rings (SSSR count). The van der Waals surface area contributed by atoms with Crippen molar-refractivity contribution in [2.45, 2.75) is 39.5 Å². The lowest BCUT2D eigenvalue weighted by Gasteiger charge is -2.35. The van der Waals surface area contributed by atoms with Crippen molar-refractivity contribution in [1.29, 1.82) is 0 Å². The van der Waals surface area contributed by atoms with Crippen LogP contribution in [-0.2, 0) is 9.59 Å². The summed E-state index contributed by atoms with van der Waals surface area (Å²) >= 11 is 0. The van der Waals surface area contributed by atoms with E-state index in [4.69, 9.17) is 0 Å². The molecule has 2 N–H and O–H groups in total. The van der Waals surface area contributed by atoms with E-state index >= 15 is 0 Å². The van der Waals surface area contributed by atoms with Crippen molar-refractivity contribution in [3.8, 4) is 0 Å². The molecule has 0 spiro atoms. The first kappa shape index (κ1) is 15.5. The van der Waals surface area contributed by atoms with Crippen LogP contribution in [-0.4, -0.2) is 23.5 Å². The number of rotatable bonds is 5. The molecule has 1 saturated carbocycles. The zero-order valence-corrected chi connectivity index (χ0v) is 11.7. The maximum atomic E-state index is 11.6. The van der Waals surface area contributed by atoms with Crippen LogP contribution < -0.4 is 5.32 Å². The Balaban J connectivity index is 2.56. The predicted molar refractivity (Wildman–Crippen MR) is 74.7 cm³/mol. The highest BCUT2D eigenvalue weighted by Crippen LogP contribution is 2.38. The first-order valence-corrected chi connectivity index (χ1v) is 6.81. The molecule has 0 aromatic carbocycles. The van der Waals surface area contributed by atoms with Crippen LogP contribution in [0.5, 0.6) is 0 Å². The van der Waals surface area contributed by atoms with Gasteiger partial charge in [0.05, 0.1) is 5.41 Å². The minimum atomic E-state index is -0.794. The van der Waals surface area contributed by atoms with Crippen molar-refractivity contribution in [3.05, 3.63) is 24.3 Å². The topological polar surface area (TPSA) is 66.4 Å². The van der Waals surface area contributed by atoms with Crippen molar-refractivity contribution >= 4 is 11.9 Å². The number of hydrogen-bond donors (Lipinski definition) is 2.